The van der Waals surface area contributed by atoms with Crippen molar-refractivity contribution in [3.8, 4) is 0 Å². The van der Waals surface area contributed by atoms with E-state index < -0.39 is 5.54 Å². The van der Waals surface area contributed by atoms with Crippen molar-refractivity contribution in [3.63, 3.8) is 0 Å². The maximum atomic E-state index is 14.0. The Kier molecular flexibility index (Phi) is 4.00. The van der Waals surface area contributed by atoms with Gasteiger partial charge in [0.25, 0.3) is 0 Å². The monoisotopic (exact) mass is 253 g/mol. The first-order valence-electron chi connectivity index (χ1n) is 6.18. The third kappa shape index (κ3) is 2.16. The lowest BCUT2D eigenvalue weighted by molar-refractivity contribution is 0.0399. The van der Waals surface area contributed by atoms with E-state index in [9.17, 15) is 4.39 Å². The first kappa shape index (κ1) is 13.5. The third-order valence-corrected chi connectivity index (χ3v) is 4.03. The molecule has 0 bridgehead atoms. The van der Waals surface area contributed by atoms with Crippen LogP contribution in [0, 0.1) is 11.7 Å². The zero-order valence-electron chi connectivity index (χ0n) is 11.1. The largest absolute Gasteiger partial charge is 0.379 e. The summed E-state index contributed by atoms with van der Waals surface area (Å²) >= 11 is 0. The van der Waals surface area contributed by atoms with Crippen molar-refractivity contribution < 1.29 is 13.9 Å². The molecule has 1 aliphatic heterocycles. The minimum Gasteiger partial charge on any atom is -0.379 e. The zero-order valence-corrected chi connectivity index (χ0v) is 11.1. The second kappa shape index (κ2) is 5.34. The number of ether oxygens (including phenoxy) is 2. The summed E-state index contributed by atoms with van der Waals surface area (Å²) in [7, 11) is 3.52. The lowest BCUT2D eigenvalue weighted by atomic mass is 9.77. The summed E-state index contributed by atoms with van der Waals surface area (Å²) in [5.41, 5.74) is 0.160. The van der Waals surface area contributed by atoms with Gasteiger partial charge >= 0.3 is 0 Å². The van der Waals surface area contributed by atoms with Gasteiger partial charge in [0.2, 0.25) is 0 Å². The molecule has 0 spiro atoms. The standard InChI is InChI=1S/C14H20FNO2/c1-14(16-2,10-6-4-5-7-12(10)15)11-8-18-9-13(11)17-3/h4-7,11,13,16H,8-9H2,1-3H3/t11-,13+,14+/m0/s1. The Balaban J connectivity index is 2.39. The Morgan fingerprint density at radius 2 is 2.11 bits per heavy atom. The highest BCUT2D eigenvalue weighted by Gasteiger charge is 2.44. The van der Waals surface area contributed by atoms with E-state index >= 15 is 0 Å². The van der Waals surface area contributed by atoms with Crippen molar-refractivity contribution in [3.05, 3.63) is 35.6 Å². The topological polar surface area (TPSA) is 30.5 Å². The van der Waals surface area contributed by atoms with Crippen molar-refractivity contribution in [1.29, 1.82) is 0 Å². The van der Waals surface area contributed by atoms with Gasteiger partial charge in [-0.05, 0) is 20.0 Å². The molecule has 1 aliphatic rings. The molecule has 3 nitrogen and oxygen atoms in total. The lowest BCUT2D eigenvalue weighted by Crippen LogP contribution is -2.49. The van der Waals surface area contributed by atoms with E-state index in [1.54, 1.807) is 13.2 Å². The van der Waals surface area contributed by atoms with Crippen LogP contribution in [0.5, 0.6) is 0 Å². The number of nitrogens with one attached hydrogen (secondary N) is 1. The van der Waals surface area contributed by atoms with Crippen molar-refractivity contribution in [1.82, 2.24) is 5.32 Å². The molecule has 1 saturated heterocycles. The molecule has 0 radical (unpaired) electrons. The number of methoxy groups -OCH3 is 1. The Bertz CT molecular complexity index is 413. The minimum atomic E-state index is -0.497. The Morgan fingerprint density at radius 1 is 1.39 bits per heavy atom. The molecule has 4 heteroatoms. The average Bonchev–Trinajstić information content (AvgIpc) is 2.87. The fourth-order valence-electron chi connectivity index (χ4n) is 2.71. The summed E-state index contributed by atoms with van der Waals surface area (Å²) in [6.45, 7) is 3.13. The number of halogens is 1. The van der Waals surface area contributed by atoms with Gasteiger partial charge in [-0.25, -0.2) is 4.39 Å². The molecule has 1 heterocycles. The molecule has 0 aliphatic carbocycles. The van der Waals surface area contributed by atoms with E-state index in [-0.39, 0.29) is 17.8 Å². The van der Waals surface area contributed by atoms with E-state index in [1.165, 1.54) is 6.07 Å². The summed E-state index contributed by atoms with van der Waals surface area (Å²) in [5.74, 6) is -0.111. The number of benzene rings is 1. The second-order valence-corrected chi connectivity index (χ2v) is 4.85. The zero-order chi connectivity index (χ0) is 13.2. The molecule has 1 fully saturated rings. The first-order valence-corrected chi connectivity index (χ1v) is 6.18. The van der Waals surface area contributed by atoms with Gasteiger partial charge in [-0.2, -0.15) is 0 Å². The quantitative estimate of drug-likeness (QED) is 0.889. The highest BCUT2D eigenvalue weighted by molar-refractivity contribution is 5.27. The van der Waals surface area contributed by atoms with Crippen LogP contribution in [0.3, 0.4) is 0 Å². The number of hydrogen-bond acceptors (Lipinski definition) is 3. The molecule has 2 rings (SSSR count). The van der Waals surface area contributed by atoms with Crippen molar-refractivity contribution in [2.45, 2.75) is 18.6 Å². The summed E-state index contributed by atoms with van der Waals surface area (Å²) in [6.07, 6.45) is -0.0120. The molecule has 1 N–H and O–H groups in total. The van der Waals surface area contributed by atoms with Gasteiger partial charge in [0.05, 0.1) is 24.9 Å². The highest BCUT2D eigenvalue weighted by Crippen LogP contribution is 2.36. The van der Waals surface area contributed by atoms with Crippen LogP contribution in [-0.4, -0.2) is 33.5 Å². The molecule has 0 aromatic heterocycles. The SMILES string of the molecule is CN[C@](C)(c1ccccc1F)[C@H]1COC[C@H]1OC. The van der Waals surface area contributed by atoms with Crippen LogP contribution in [0.2, 0.25) is 0 Å². The smallest absolute Gasteiger partial charge is 0.128 e. The fourth-order valence-corrected chi connectivity index (χ4v) is 2.71. The minimum absolute atomic E-state index is 0.0120. The predicted octanol–water partition coefficient (Wildman–Crippen LogP) is 1.92. The number of hydrogen-bond donors (Lipinski definition) is 1. The van der Waals surface area contributed by atoms with Gasteiger partial charge in [0.1, 0.15) is 5.82 Å². The summed E-state index contributed by atoms with van der Waals surface area (Å²) in [4.78, 5) is 0. The van der Waals surface area contributed by atoms with Crippen LogP contribution in [0.25, 0.3) is 0 Å². The molecule has 18 heavy (non-hydrogen) atoms. The van der Waals surface area contributed by atoms with E-state index in [1.807, 2.05) is 26.1 Å². The molecular formula is C14H20FNO2. The van der Waals surface area contributed by atoms with E-state index in [0.29, 0.717) is 18.8 Å². The predicted molar refractivity (Wildman–Crippen MR) is 67.9 cm³/mol. The van der Waals surface area contributed by atoms with E-state index in [2.05, 4.69) is 5.32 Å². The fraction of sp³-hybridized carbons (Fsp3) is 0.571. The third-order valence-electron chi connectivity index (χ3n) is 4.03. The molecule has 3 atom stereocenters. The maximum Gasteiger partial charge on any atom is 0.128 e. The average molecular weight is 253 g/mol. The van der Waals surface area contributed by atoms with Crippen molar-refractivity contribution >= 4 is 0 Å². The Morgan fingerprint density at radius 3 is 2.72 bits per heavy atom. The van der Waals surface area contributed by atoms with Gasteiger partial charge in [-0.15, -0.1) is 0 Å². The summed E-state index contributed by atoms with van der Waals surface area (Å²) < 4.78 is 25.0. The molecule has 0 unspecified atom stereocenters. The van der Waals surface area contributed by atoms with Crippen LogP contribution in [0.15, 0.2) is 24.3 Å². The van der Waals surface area contributed by atoms with Crippen LogP contribution in [0.1, 0.15) is 12.5 Å². The second-order valence-electron chi connectivity index (χ2n) is 4.85. The normalized spacial score (nSPS) is 27.1. The van der Waals surface area contributed by atoms with E-state index in [4.69, 9.17) is 9.47 Å². The molecular weight excluding hydrogens is 233 g/mol. The maximum absolute atomic E-state index is 14.0. The van der Waals surface area contributed by atoms with Gasteiger partial charge in [-0.1, -0.05) is 18.2 Å². The van der Waals surface area contributed by atoms with Crippen LogP contribution < -0.4 is 5.32 Å². The first-order chi connectivity index (χ1) is 8.63. The van der Waals surface area contributed by atoms with Gasteiger partial charge in [0, 0.05) is 18.6 Å². The van der Waals surface area contributed by atoms with Crippen LogP contribution in [0.4, 0.5) is 4.39 Å². The van der Waals surface area contributed by atoms with Gasteiger partial charge in [0.15, 0.2) is 0 Å². The summed E-state index contributed by atoms with van der Waals surface area (Å²) in [6, 6.07) is 6.86. The van der Waals surface area contributed by atoms with E-state index in [0.717, 1.165) is 0 Å². The van der Waals surface area contributed by atoms with Crippen molar-refractivity contribution in [2.75, 3.05) is 27.4 Å². The van der Waals surface area contributed by atoms with Crippen LogP contribution >= 0.6 is 0 Å². The Labute approximate surface area is 107 Å². The van der Waals surface area contributed by atoms with Gasteiger partial charge in [-0.3, -0.25) is 0 Å². The molecule has 0 saturated carbocycles. The van der Waals surface area contributed by atoms with Crippen LogP contribution in [-0.2, 0) is 15.0 Å². The summed E-state index contributed by atoms with van der Waals surface area (Å²) in [5, 5.41) is 3.24. The lowest BCUT2D eigenvalue weighted by Gasteiger charge is -2.37. The highest BCUT2D eigenvalue weighted by atomic mass is 19.1. The van der Waals surface area contributed by atoms with Gasteiger partial charge < -0.3 is 14.8 Å². The number of rotatable bonds is 4. The molecule has 0 amide bonds. The molecule has 100 valence electrons. The molecule has 1 aromatic carbocycles. The molecule has 1 aromatic rings. The van der Waals surface area contributed by atoms with Crippen molar-refractivity contribution in [2.24, 2.45) is 5.92 Å². The Hall–Kier alpha value is -0.970.